The first-order chi connectivity index (χ1) is 10.5. The molecule has 0 fully saturated rings. The van der Waals surface area contributed by atoms with E-state index in [1.165, 1.54) is 6.92 Å². The molecule has 0 aromatic rings. The predicted octanol–water partition coefficient (Wildman–Crippen LogP) is 0.252. The monoisotopic (exact) mass is 332 g/mol. The summed E-state index contributed by atoms with van der Waals surface area (Å²) in [4.78, 5) is 47.6. The molecule has 0 aliphatic rings. The lowest BCUT2D eigenvalue weighted by Crippen LogP contribution is -2.64. The number of nitrogens with one attached hydrogen (secondary N) is 1. The minimum atomic E-state index is -2.40. The first-order valence-corrected chi connectivity index (χ1v) is 7.12. The predicted molar refractivity (Wildman–Crippen MR) is 79.2 cm³/mol. The van der Waals surface area contributed by atoms with Gasteiger partial charge in [-0.2, -0.15) is 0 Å². The van der Waals surface area contributed by atoms with Crippen LogP contribution < -0.4 is 11.1 Å². The first kappa shape index (κ1) is 20.7. The number of carbonyl (C=O) groups excluding carboxylic acids is 4. The lowest BCUT2D eigenvalue weighted by molar-refractivity contribution is -0.161. The number of hydrogen-bond acceptors (Lipinski definition) is 7. The van der Waals surface area contributed by atoms with Crippen molar-refractivity contribution < 1.29 is 33.4 Å². The average Bonchev–Trinajstić information content (AvgIpc) is 2.35. The largest absolute Gasteiger partial charge is 0.466 e. The molecule has 1 atom stereocenters. The summed E-state index contributed by atoms with van der Waals surface area (Å²) in [7, 11) is 0. The Morgan fingerprint density at radius 2 is 1.52 bits per heavy atom. The van der Waals surface area contributed by atoms with Gasteiger partial charge in [-0.3, -0.25) is 14.9 Å². The van der Waals surface area contributed by atoms with E-state index in [-0.39, 0.29) is 13.2 Å². The number of amides is 2. The molecule has 0 radical (unpaired) electrons. The zero-order chi connectivity index (χ0) is 18.3. The highest BCUT2D eigenvalue weighted by molar-refractivity contribution is 6.11. The number of esters is 2. The van der Waals surface area contributed by atoms with Crippen molar-refractivity contribution >= 4 is 23.9 Å². The standard InChI is InChI=1S/C14H24N2O7/c1-6-21-9(17)8-14(10(15)18,11(19)22-7-2)16-12(20)23-13(3,4)5/h6-8H2,1-5H3,(H2,15,18)(H,16,20). The maximum atomic E-state index is 12.1. The molecule has 0 aromatic heterocycles. The number of carbonyl (C=O) groups is 4. The molecule has 0 aromatic carbocycles. The van der Waals surface area contributed by atoms with Gasteiger partial charge < -0.3 is 19.9 Å². The van der Waals surface area contributed by atoms with Crippen LogP contribution in [0.25, 0.3) is 0 Å². The third kappa shape index (κ3) is 6.54. The van der Waals surface area contributed by atoms with Crippen molar-refractivity contribution in [3.63, 3.8) is 0 Å². The Balaban J connectivity index is 5.55. The molecule has 0 aliphatic carbocycles. The molecule has 9 nitrogen and oxygen atoms in total. The van der Waals surface area contributed by atoms with Crippen LogP contribution in [0, 0.1) is 0 Å². The number of nitrogens with two attached hydrogens (primary N) is 1. The Kier molecular flexibility index (Phi) is 7.51. The van der Waals surface area contributed by atoms with Crippen LogP contribution in [0.15, 0.2) is 0 Å². The van der Waals surface area contributed by atoms with Gasteiger partial charge in [0.2, 0.25) is 5.54 Å². The maximum absolute atomic E-state index is 12.1. The summed E-state index contributed by atoms with van der Waals surface area (Å²) in [5.41, 5.74) is 1.96. The molecule has 3 N–H and O–H groups in total. The zero-order valence-corrected chi connectivity index (χ0v) is 14.1. The molecule has 0 saturated heterocycles. The number of rotatable bonds is 7. The highest BCUT2D eigenvalue weighted by atomic mass is 16.6. The molecule has 1 unspecified atom stereocenters. The smallest absolute Gasteiger partial charge is 0.408 e. The summed E-state index contributed by atoms with van der Waals surface area (Å²) in [5.74, 6) is -3.31. The topological polar surface area (TPSA) is 134 Å². The fourth-order valence-electron chi connectivity index (χ4n) is 1.58. The second-order valence-corrected chi connectivity index (χ2v) is 5.60. The summed E-state index contributed by atoms with van der Waals surface area (Å²) in [6.07, 6.45) is -1.89. The van der Waals surface area contributed by atoms with E-state index in [1.807, 2.05) is 5.32 Å². The first-order valence-electron chi connectivity index (χ1n) is 7.12. The zero-order valence-electron chi connectivity index (χ0n) is 14.1. The lowest BCUT2D eigenvalue weighted by atomic mass is 9.94. The Morgan fingerprint density at radius 3 is 1.91 bits per heavy atom. The van der Waals surface area contributed by atoms with Crippen LogP contribution in [0.3, 0.4) is 0 Å². The van der Waals surface area contributed by atoms with Gasteiger partial charge in [0.15, 0.2) is 0 Å². The highest BCUT2D eigenvalue weighted by Crippen LogP contribution is 2.17. The Labute approximate surface area is 134 Å². The summed E-state index contributed by atoms with van der Waals surface area (Å²) < 4.78 is 14.5. The lowest BCUT2D eigenvalue weighted by Gasteiger charge is -2.29. The van der Waals surface area contributed by atoms with Crippen LogP contribution in [0.5, 0.6) is 0 Å². The molecular formula is C14H24N2O7. The van der Waals surface area contributed by atoms with Crippen molar-refractivity contribution in [3.8, 4) is 0 Å². The number of hydrogen-bond donors (Lipinski definition) is 2. The third-order valence-electron chi connectivity index (χ3n) is 2.47. The van der Waals surface area contributed by atoms with Crippen LogP contribution >= 0.6 is 0 Å². The minimum absolute atomic E-state index is 0.0307. The normalized spacial score (nSPS) is 13.4. The van der Waals surface area contributed by atoms with Crippen LogP contribution in [0.2, 0.25) is 0 Å². The van der Waals surface area contributed by atoms with Crippen LogP contribution in [-0.4, -0.2) is 48.3 Å². The van der Waals surface area contributed by atoms with E-state index in [0.717, 1.165) is 0 Å². The van der Waals surface area contributed by atoms with E-state index in [0.29, 0.717) is 0 Å². The molecule has 0 heterocycles. The summed E-state index contributed by atoms with van der Waals surface area (Å²) >= 11 is 0. The van der Waals surface area contributed by atoms with Gasteiger partial charge in [-0.15, -0.1) is 0 Å². The Hall–Kier alpha value is -2.32. The molecular weight excluding hydrogens is 308 g/mol. The second kappa shape index (κ2) is 8.35. The number of primary amides is 1. The summed E-state index contributed by atoms with van der Waals surface area (Å²) in [5, 5.41) is 2.05. The van der Waals surface area contributed by atoms with Crippen molar-refractivity contribution in [2.75, 3.05) is 13.2 Å². The Morgan fingerprint density at radius 1 is 1.00 bits per heavy atom. The third-order valence-corrected chi connectivity index (χ3v) is 2.47. The maximum Gasteiger partial charge on any atom is 0.408 e. The van der Waals surface area contributed by atoms with Crippen molar-refractivity contribution in [1.29, 1.82) is 0 Å². The minimum Gasteiger partial charge on any atom is -0.466 e. The number of alkyl carbamates (subject to hydrolysis) is 1. The van der Waals surface area contributed by atoms with Gasteiger partial charge in [-0.05, 0) is 34.6 Å². The number of ether oxygens (including phenoxy) is 3. The van der Waals surface area contributed by atoms with Crippen molar-refractivity contribution in [2.24, 2.45) is 5.73 Å². The molecule has 2 amide bonds. The fraction of sp³-hybridized carbons (Fsp3) is 0.714. The van der Waals surface area contributed by atoms with Crippen LogP contribution in [0.1, 0.15) is 41.0 Å². The molecule has 0 saturated carbocycles. The van der Waals surface area contributed by atoms with Crippen LogP contribution in [0.4, 0.5) is 4.79 Å². The van der Waals surface area contributed by atoms with Gasteiger partial charge in [0.25, 0.3) is 5.91 Å². The van der Waals surface area contributed by atoms with Crippen molar-refractivity contribution in [2.45, 2.75) is 52.2 Å². The van der Waals surface area contributed by atoms with E-state index >= 15 is 0 Å². The molecule has 0 rings (SSSR count). The van der Waals surface area contributed by atoms with E-state index in [9.17, 15) is 19.2 Å². The van der Waals surface area contributed by atoms with E-state index in [1.54, 1.807) is 27.7 Å². The fourth-order valence-corrected chi connectivity index (χ4v) is 1.58. The average molecular weight is 332 g/mol. The van der Waals surface area contributed by atoms with Gasteiger partial charge in [0, 0.05) is 0 Å². The van der Waals surface area contributed by atoms with Crippen molar-refractivity contribution in [3.05, 3.63) is 0 Å². The highest BCUT2D eigenvalue weighted by Gasteiger charge is 2.50. The Bertz CT molecular complexity index is 470. The summed E-state index contributed by atoms with van der Waals surface area (Å²) in [6, 6.07) is 0. The van der Waals surface area contributed by atoms with E-state index < -0.39 is 41.5 Å². The van der Waals surface area contributed by atoms with Gasteiger partial charge in [-0.25, -0.2) is 9.59 Å². The van der Waals surface area contributed by atoms with Gasteiger partial charge in [0.1, 0.15) is 5.60 Å². The van der Waals surface area contributed by atoms with E-state index in [2.05, 4.69) is 0 Å². The summed E-state index contributed by atoms with van der Waals surface area (Å²) in [6.45, 7) is 7.78. The van der Waals surface area contributed by atoms with Gasteiger partial charge >= 0.3 is 18.0 Å². The quantitative estimate of drug-likeness (QED) is 0.388. The van der Waals surface area contributed by atoms with Gasteiger partial charge in [-0.1, -0.05) is 0 Å². The van der Waals surface area contributed by atoms with E-state index in [4.69, 9.17) is 19.9 Å². The SMILES string of the molecule is CCOC(=O)CC(NC(=O)OC(C)(C)C)(C(N)=O)C(=O)OCC. The molecule has 23 heavy (non-hydrogen) atoms. The van der Waals surface area contributed by atoms with Crippen molar-refractivity contribution in [1.82, 2.24) is 5.32 Å². The molecule has 9 heteroatoms. The van der Waals surface area contributed by atoms with Crippen LogP contribution in [-0.2, 0) is 28.6 Å². The molecule has 132 valence electrons. The molecule has 0 spiro atoms. The second-order valence-electron chi connectivity index (χ2n) is 5.60. The molecule has 0 bridgehead atoms. The molecule has 0 aliphatic heterocycles. The van der Waals surface area contributed by atoms with Gasteiger partial charge in [0.05, 0.1) is 19.6 Å².